The number of likely N-dealkylation sites (tertiary alicyclic amines) is 1. The van der Waals surface area contributed by atoms with Crippen molar-refractivity contribution in [2.45, 2.75) is 51.4 Å². The molecule has 3 N–H and O–H groups in total. The Labute approximate surface area is 240 Å². The number of hydrogen-bond donors (Lipinski definition) is 3. The third kappa shape index (κ3) is 6.86. The number of alkyl halides is 3. The molecular formula is C27H35F3N6O6. The highest BCUT2D eigenvalue weighted by molar-refractivity contribution is 5.93. The van der Waals surface area contributed by atoms with Gasteiger partial charge in [0, 0.05) is 31.2 Å². The van der Waals surface area contributed by atoms with Crippen molar-refractivity contribution in [2.75, 3.05) is 32.8 Å². The molecule has 2 unspecified atom stereocenters. The maximum Gasteiger partial charge on any atom is 0.490 e. The second-order valence-electron chi connectivity index (χ2n) is 11.6. The molecule has 3 aliphatic carbocycles. The van der Waals surface area contributed by atoms with E-state index in [9.17, 15) is 27.6 Å². The van der Waals surface area contributed by atoms with E-state index in [-0.39, 0.29) is 47.5 Å². The van der Waals surface area contributed by atoms with E-state index in [1.54, 1.807) is 17.4 Å². The van der Waals surface area contributed by atoms with E-state index in [2.05, 4.69) is 21.7 Å². The fraction of sp³-hybridized carbons (Fsp3) is 0.704. The van der Waals surface area contributed by atoms with Crippen molar-refractivity contribution < 1.29 is 42.2 Å². The summed E-state index contributed by atoms with van der Waals surface area (Å²) in [5.41, 5.74) is -0.139. The first-order chi connectivity index (χ1) is 19.7. The number of aliphatic carboxylic acids is 1. The minimum Gasteiger partial charge on any atom is -0.475 e. The van der Waals surface area contributed by atoms with Crippen molar-refractivity contribution in [3.8, 4) is 6.07 Å². The van der Waals surface area contributed by atoms with E-state index in [4.69, 9.17) is 19.9 Å². The summed E-state index contributed by atoms with van der Waals surface area (Å²) in [5.74, 6) is -0.966. The Bertz CT molecular complexity index is 1230. The third-order valence-corrected chi connectivity index (χ3v) is 8.42. The zero-order valence-corrected chi connectivity index (χ0v) is 23.6. The van der Waals surface area contributed by atoms with Gasteiger partial charge in [0.1, 0.15) is 11.2 Å². The quantitative estimate of drug-likeness (QED) is 0.414. The fourth-order valence-corrected chi connectivity index (χ4v) is 5.69. The summed E-state index contributed by atoms with van der Waals surface area (Å²) in [7, 11) is 0. The summed E-state index contributed by atoms with van der Waals surface area (Å²) < 4.78 is 38.6. The average Bonchev–Trinajstić information content (AvgIpc) is 3.81. The van der Waals surface area contributed by atoms with Gasteiger partial charge in [0.05, 0.1) is 24.9 Å². The van der Waals surface area contributed by atoms with Crippen molar-refractivity contribution in [2.24, 2.45) is 35.5 Å². The highest BCUT2D eigenvalue weighted by Gasteiger charge is 2.62. The molecule has 0 radical (unpaired) electrons. The molecule has 5 fully saturated rings. The lowest BCUT2D eigenvalue weighted by molar-refractivity contribution is -0.192. The number of esters is 1. The molecule has 42 heavy (non-hydrogen) atoms. The number of hydrogen-bond acceptors (Lipinski definition) is 8. The molecule has 2 amide bonds. The van der Waals surface area contributed by atoms with Crippen molar-refractivity contribution in [1.29, 1.82) is 5.26 Å². The highest BCUT2D eigenvalue weighted by Crippen LogP contribution is 2.53. The summed E-state index contributed by atoms with van der Waals surface area (Å²) in [5, 5.41) is 22.3. The lowest BCUT2D eigenvalue weighted by Crippen LogP contribution is -2.40. The van der Waals surface area contributed by atoms with E-state index >= 15 is 0 Å². The number of aromatic nitrogens is 2. The molecule has 2 aliphatic heterocycles. The second-order valence-corrected chi connectivity index (χ2v) is 11.6. The molecule has 230 valence electrons. The molecule has 2 saturated heterocycles. The van der Waals surface area contributed by atoms with Crippen LogP contribution in [0, 0.1) is 46.8 Å². The van der Waals surface area contributed by atoms with Gasteiger partial charge in [0.2, 0.25) is 5.91 Å². The minimum atomic E-state index is -5.08. The van der Waals surface area contributed by atoms with E-state index in [0.29, 0.717) is 37.2 Å². The van der Waals surface area contributed by atoms with Crippen LogP contribution in [0.15, 0.2) is 12.5 Å². The number of carboxylic acids is 1. The van der Waals surface area contributed by atoms with Crippen LogP contribution in [0.4, 0.5) is 13.2 Å². The number of nitriles is 1. The van der Waals surface area contributed by atoms with Gasteiger partial charge in [-0.2, -0.15) is 18.4 Å². The van der Waals surface area contributed by atoms with Crippen LogP contribution in [-0.4, -0.2) is 87.8 Å². The number of carbonyl (C=O) groups excluding carboxylic acids is 3. The van der Waals surface area contributed by atoms with Crippen molar-refractivity contribution >= 4 is 23.8 Å². The largest absolute Gasteiger partial charge is 0.490 e. The van der Waals surface area contributed by atoms with Crippen LogP contribution in [-0.2, 0) is 19.1 Å². The first-order valence-electron chi connectivity index (χ1n) is 14.0. The molecule has 5 aliphatic rings. The number of nitrogens with zero attached hydrogens (tertiary/aromatic N) is 4. The molecule has 1 aromatic heterocycles. The highest BCUT2D eigenvalue weighted by atomic mass is 19.4. The van der Waals surface area contributed by atoms with Gasteiger partial charge in [0.25, 0.3) is 5.91 Å². The van der Waals surface area contributed by atoms with Crippen LogP contribution in [0.3, 0.4) is 0 Å². The number of halogens is 3. The molecule has 3 heterocycles. The molecule has 12 nitrogen and oxygen atoms in total. The summed E-state index contributed by atoms with van der Waals surface area (Å²) in [4.78, 5) is 50.9. The van der Waals surface area contributed by atoms with Crippen LogP contribution in [0.1, 0.15) is 50.1 Å². The molecule has 6 atom stereocenters. The Morgan fingerprint density at radius 1 is 1.17 bits per heavy atom. The summed E-state index contributed by atoms with van der Waals surface area (Å²) >= 11 is 0. The van der Waals surface area contributed by atoms with Crippen molar-refractivity contribution in [3.05, 3.63) is 18.2 Å². The number of rotatable bonds is 6. The summed E-state index contributed by atoms with van der Waals surface area (Å²) in [6, 6.07) is 2.46. The number of carbonyl (C=O) groups is 4. The van der Waals surface area contributed by atoms with Crippen LogP contribution in [0.25, 0.3) is 0 Å². The van der Waals surface area contributed by atoms with Gasteiger partial charge in [-0.1, -0.05) is 0 Å². The van der Waals surface area contributed by atoms with Crippen LogP contribution >= 0.6 is 0 Å². The molecule has 1 aromatic rings. The van der Waals surface area contributed by atoms with Gasteiger partial charge < -0.3 is 29.9 Å². The summed E-state index contributed by atoms with van der Waals surface area (Å²) in [6.45, 7) is 9.68. The van der Waals surface area contributed by atoms with E-state index in [0.717, 1.165) is 25.9 Å². The number of imidazole rings is 1. The van der Waals surface area contributed by atoms with Crippen LogP contribution < -0.4 is 10.6 Å². The van der Waals surface area contributed by atoms with Gasteiger partial charge in [-0.3, -0.25) is 14.4 Å². The Balaban J connectivity index is 0.000000185. The zero-order valence-electron chi connectivity index (χ0n) is 23.6. The Hall–Kier alpha value is -3.67. The SMILES string of the molecule is CC(C)n1cnc(C(=O)N2C[C@@H]3C(C(=O)NC4(C#N)CC4)[C@@H]3C2)c1.CCOC(=O)C1[C@H]2CNC[C@@H]12.O=C(O)C(F)(F)F. The number of amides is 2. The average molecular weight is 597 g/mol. The van der Waals surface area contributed by atoms with Crippen molar-refractivity contribution in [1.82, 2.24) is 25.1 Å². The normalized spacial score (nSPS) is 29.0. The molecule has 6 rings (SSSR count). The molecule has 0 aromatic carbocycles. The minimum absolute atomic E-state index is 0.0137. The van der Waals surface area contributed by atoms with Gasteiger partial charge in [-0.25, -0.2) is 9.78 Å². The molecule has 15 heteroatoms. The van der Waals surface area contributed by atoms with E-state index in [1.165, 1.54) is 0 Å². The zero-order chi connectivity index (χ0) is 31.0. The Morgan fingerprint density at radius 3 is 2.17 bits per heavy atom. The van der Waals surface area contributed by atoms with E-state index in [1.807, 2.05) is 25.3 Å². The smallest absolute Gasteiger partial charge is 0.475 e. The predicted molar refractivity (Wildman–Crippen MR) is 138 cm³/mol. The maximum atomic E-state index is 12.5. The maximum absolute atomic E-state index is 12.5. The molecule has 0 spiro atoms. The van der Waals surface area contributed by atoms with Gasteiger partial charge in [0.15, 0.2) is 0 Å². The Kier molecular flexibility index (Phi) is 8.86. The van der Waals surface area contributed by atoms with Crippen molar-refractivity contribution in [3.63, 3.8) is 0 Å². The molecule has 3 saturated carbocycles. The topological polar surface area (TPSA) is 167 Å². The summed E-state index contributed by atoms with van der Waals surface area (Å²) in [6.07, 6.45) is -0.117. The number of carboxylic acid groups (broad SMARTS) is 1. The van der Waals surface area contributed by atoms with Crippen LogP contribution in [0.2, 0.25) is 0 Å². The standard InChI is InChI=1S/C17H21N5O2.C8H13NO2.C2HF3O2/c1-10(2)22-7-13(19-9-22)16(24)21-5-11-12(6-21)14(11)15(23)20-17(8-18)3-4-17;1-2-11-8(10)7-5-3-9-4-6(5)7;3-2(4,5)1(6)7/h7,9-12,14H,3-6H2,1-2H3,(H,20,23);5-7,9H,2-4H2,1H3;(H,6,7)/t11-,12+,14?;5-,6+,7?;. The number of nitrogens with one attached hydrogen (secondary N) is 2. The molecular weight excluding hydrogens is 561 g/mol. The number of fused-ring (bicyclic) bond motifs is 2. The second kappa shape index (κ2) is 11.9. The third-order valence-electron chi connectivity index (χ3n) is 8.42. The van der Waals surface area contributed by atoms with E-state index < -0.39 is 17.7 Å². The monoisotopic (exact) mass is 596 g/mol. The first-order valence-corrected chi connectivity index (χ1v) is 14.0. The first kappa shape index (κ1) is 31.3. The lowest BCUT2D eigenvalue weighted by Gasteiger charge is -2.19. The number of piperidine rings is 2. The lowest BCUT2D eigenvalue weighted by atomic mass is 10.2. The van der Waals surface area contributed by atoms with Crippen LogP contribution in [0.5, 0.6) is 0 Å². The van der Waals surface area contributed by atoms with Gasteiger partial charge >= 0.3 is 18.1 Å². The number of ether oxygens (including phenoxy) is 1. The molecule has 0 bridgehead atoms. The van der Waals surface area contributed by atoms with Gasteiger partial charge in [-0.05, 0) is 70.4 Å². The fourth-order valence-electron chi connectivity index (χ4n) is 5.69. The predicted octanol–water partition coefficient (Wildman–Crippen LogP) is 1.60. The van der Waals surface area contributed by atoms with Gasteiger partial charge in [-0.15, -0.1) is 0 Å². The Morgan fingerprint density at radius 2 is 1.74 bits per heavy atom.